The number of amides is 1. The lowest BCUT2D eigenvalue weighted by atomic mass is 9.86. The SMILES string of the molecule is COC(=O)[C@@]12OC(OCC3c4ccccc4-c4ccccc43)=N[C@H](C1Br)[C@@H](NC(C)=O)[C@H]([C@H](O)[C@H](O)CO)O2. The number of aliphatic hydroxyl groups excluding tert-OH is 3. The fraction of sp³-hybridized carbons (Fsp3) is 0.444. The van der Waals surface area contributed by atoms with Gasteiger partial charge in [0.15, 0.2) is 0 Å². The van der Waals surface area contributed by atoms with Crippen LogP contribution in [0.2, 0.25) is 0 Å². The van der Waals surface area contributed by atoms with Gasteiger partial charge in [0, 0.05) is 12.8 Å². The Morgan fingerprint density at radius 3 is 2.31 bits per heavy atom. The first-order valence-corrected chi connectivity index (χ1v) is 13.4. The van der Waals surface area contributed by atoms with Gasteiger partial charge in [0.1, 0.15) is 29.7 Å². The molecule has 1 fully saturated rings. The first kappa shape index (κ1) is 27.5. The molecule has 4 N–H and O–H groups in total. The molecule has 1 aliphatic carbocycles. The lowest BCUT2D eigenvalue weighted by Crippen LogP contribution is -2.74. The molecule has 2 aromatic rings. The summed E-state index contributed by atoms with van der Waals surface area (Å²) in [4.78, 5) is 28.7. The number of aliphatic imine (C=N–C) groups is 1. The second kappa shape index (κ2) is 10.9. The van der Waals surface area contributed by atoms with Gasteiger partial charge in [0.25, 0.3) is 0 Å². The maximum Gasteiger partial charge on any atom is 0.387 e. The monoisotopic (exact) mass is 604 g/mol. The normalized spacial score (nSPS) is 28.7. The van der Waals surface area contributed by atoms with Crippen molar-refractivity contribution >= 4 is 33.9 Å². The maximum absolute atomic E-state index is 13.1. The van der Waals surface area contributed by atoms with Crippen LogP contribution in [0.15, 0.2) is 53.5 Å². The zero-order valence-electron chi connectivity index (χ0n) is 21.2. The van der Waals surface area contributed by atoms with E-state index < -0.39 is 59.5 Å². The Labute approximate surface area is 232 Å². The van der Waals surface area contributed by atoms with Crippen molar-refractivity contribution in [2.75, 3.05) is 20.3 Å². The van der Waals surface area contributed by atoms with Gasteiger partial charge in [-0.15, -0.1) is 0 Å². The van der Waals surface area contributed by atoms with Gasteiger partial charge in [0.2, 0.25) is 5.91 Å². The molecule has 11 nitrogen and oxygen atoms in total. The minimum Gasteiger partial charge on any atom is -0.464 e. The number of hydrogen-bond donors (Lipinski definition) is 4. The number of hydrogen-bond acceptors (Lipinski definition) is 10. The second-order valence-electron chi connectivity index (χ2n) is 9.64. The Kier molecular flexibility index (Phi) is 7.66. The van der Waals surface area contributed by atoms with E-state index in [1.165, 1.54) is 6.92 Å². The number of alkyl halides is 1. The quantitative estimate of drug-likeness (QED) is 0.265. The molecule has 1 amide bonds. The first-order valence-electron chi connectivity index (χ1n) is 12.4. The van der Waals surface area contributed by atoms with Crippen LogP contribution in [0.25, 0.3) is 11.1 Å². The molecule has 0 radical (unpaired) electrons. The Morgan fingerprint density at radius 1 is 1.13 bits per heavy atom. The highest BCUT2D eigenvalue weighted by atomic mass is 79.9. The molecule has 39 heavy (non-hydrogen) atoms. The Morgan fingerprint density at radius 2 is 1.74 bits per heavy atom. The summed E-state index contributed by atoms with van der Waals surface area (Å²) in [7, 11) is 1.14. The van der Waals surface area contributed by atoms with E-state index in [9.17, 15) is 24.9 Å². The summed E-state index contributed by atoms with van der Waals surface area (Å²) >= 11 is 3.42. The van der Waals surface area contributed by atoms with Crippen LogP contribution in [0, 0.1) is 0 Å². The van der Waals surface area contributed by atoms with E-state index in [1.54, 1.807) is 0 Å². The highest BCUT2D eigenvalue weighted by molar-refractivity contribution is 9.09. The van der Waals surface area contributed by atoms with E-state index in [0.717, 1.165) is 29.4 Å². The Bertz CT molecular complexity index is 1240. The van der Waals surface area contributed by atoms with Crippen LogP contribution in [-0.2, 0) is 28.5 Å². The number of fused-ring (bicyclic) bond motifs is 5. The number of carbonyl (C=O) groups is 2. The molecular formula is C27H29BrN2O9. The van der Waals surface area contributed by atoms with Crippen molar-refractivity contribution in [1.82, 2.24) is 5.32 Å². The molecule has 0 aromatic heterocycles. The number of aliphatic hydroxyl groups is 3. The standard InChI is InChI=1S/C27H29BrN2O9/c1-13(32)29-20-21-24(28)27(25(35)36-2,38-23(20)22(34)19(33)11-31)39-26(30-21)37-12-18-16-9-5-3-7-14(16)15-8-4-6-10-17(15)18/h3-10,18-24,31,33-34H,11-12H2,1-2H3,(H,29,32)/t19-,20-,21+,22-,23-,24?,27+/m1/s1. The number of halogens is 1. The number of carbonyl (C=O) groups excluding carboxylic acids is 2. The van der Waals surface area contributed by atoms with Crippen molar-refractivity contribution < 1.29 is 43.9 Å². The number of ether oxygens (including phenoxy) is 4. The molecule has 7 atom stereocenters. The molecule has 2 aliphatic heterocycles. The molecule has 0 spiro atoms. The largest absolute Gasteiger partial charge is 0.464 e. The summed E-state index contributed by atoms with van der Waals surface area (Å²) < 4.78 is 22.9. The molecule has 2 heterocycles. The van der Waals surface area contributed by atoms with Crippen molar-refractivity contribution in [1.29, 1.82) is 0 Å². The third kappa shape index (κ3) is 4.70. The maximum atomic E-state index is 13.1. The van der Waals surface area contributed by atoms with Crippen LogP contribution < -0.4 is 5.32 Å². The zero-order valence-corrected chi connectivity index (χ0v) is 22.8. The highest BCUT2D eigenvalue weighted by Gasteiger charge is 2.66. The van der Waals surface area contributed by atoms with Gasteiger partial charge in [-0.1, -0.05) is 64.5 Å². The number of benzene rings is 2. The van der Waals surface area contributed by atoms with Gasteiger partial charge in [-0.2, -0.15) is 0 Å². The molecule has 2 bridgehead atoms. The van der Waals surface area contributed by atoms with Crippen molar-refractivity contribution in [2.24, 2.45) is 4.99 Å². The molecule has 5 rings (SSSR count). The van der Waals surface area contributed by atoms with Crippen LogP contribution in [0.4, 0.5) is 0 Å². The summed E-state index contributed by atoms with van der Waals surface area (Å²) in [6.07, 6.45) is -4.98. The fourth-order valence-corrected chi connectivity index (χ4v) is 6.30. The average molecular weight is 605 g/mol. The van der Waals surface area contributed by atoms with Gasteiger partial charge in [-0.05, 0) is 22.3 Å². The van der Waals surface area contributed by atoms with Gasteiger partial charge >= 0.3 is 17.8 Å². The van der Waals surface area contributed by atoms with E-state index >= 15 is 0 Å². The fourth-order valence-electron chi connectivity index (χ4n) is 5.46. The number of nitrogens with one attached hydrogen (secondary N) is 1. The third-order valence-corrected chi connectivity index (χ3v) is 8.43. The minimum absolute atomic E-state index is 0.129. The molecule has 0 saturated carbocycles. The lowest BCUT2D eigenvalue weighted by molar-refractivity contribution is -0.283. The summed E-state index contributed by atoms with van der Waals surface area (Å²) in [5.74, 6) is -3.72. The van der Waals surface area contributed by atoms with E-state index in [1.807, 2.05) is 48.5 Å². The van der Waals surface area contributed by atoms with Crippen LogP contribution in [0.5, 0.6) is 0 Å². The molecule has 1 unspecified atom stereocenters. The molecule has 1 saturated heterocycles. The second-order valence-corrected chi connectivity index (χ2v) is 10.6. The summed E-state index contributed by atoms with van der Waals surface area (Å²) in [6, 6.07) is 14.0. The van der Waals surface area contributed by atoms with Gasteiger partial charge in [-0.3, -0.25) is 4.79 Å². The van der Waals surface area contributed by atoms with Crippen LogP contribution >= 0.6 is 15.9 Å². The van der Waals surface area contributed by atoms with E-state index in [4.69, 9.17) is 18.9 Å². The Hall–Kier alpha value is -3.03. The van der Waals surface area contributed by atoms with Crippen LogP contribution in [-0.4, -0.2) is 94.6 Å². The Balaban J connectivity index is 1.49. The molecule has 2 aromatic carbocycles. The molecule has 3 aliphatic rings. The summed E-state index contributed by atoms with van der Waals surface area (Å²) in [5, 5.41) is 33.0. The number of rotatable bonds is 7. The van der Waals surface area contributed by atoms with Crippen molar-refractivity contribution in [2.45, 2.75) is 53.9 Å². The predicted octanol–water partition coefficient (Wildman–Crippen LogP) is 0.821. The lowest BCUT2D eigenvalue weighted by Gasteiger charge is -2.51. The molecular weight excluding hydrogens is 576 g/mol. The van der Waals surface area contributed by atoms with Crippen molar-refractivity contribution in [3.8, 4) is 11.1 Å². The highest BCUT2D eigenvalue weighted by Crippen LogP contribution is 2.46. The smallest absolute Gasteiger partial charge is 0.387 e. The average Bonchev–Trinajstić information content (AvgIpc) is 3.26. The first-order chi connectivity index (χ1) is 18.7. The van der Waals surface area contributed by atoms with Crippen molar-refractivity contribution in [3.05, 3.63) is 59.7 Å². The van der Waals surface area contributed by atoms with Crippen LogP contribution in [0.1, 0.15) is 24.0 Å². The minimum atomic E-state index is -2.17. The third-order valence-electron chi connectivity index (χ3n) is 7.28. The van der Waals surface area contributed by atoms with E-state index in [-0.39, 0.29) is 18.6 Å². The van der Waals surface area contributed by atoms with Crippen molar-refractivity contribution in [3.63, 3.8) is 0 Å². The summed E-state index contributed by atoms with van der Waals surface area (Å²) in [6.45, 7) is 0.612. The molecule has 12 heteroatoms. The zero-order chi connectivity index (χ0) is 27.9. The topological polar surface area (TPSA) is 156 Å². The van der Waals surface area contributed by atoms with E-state index in [0.29, 0.717) is 0 Å². The van der Waals surface area contributed by atoms with E-state index in [2.05, 4.69) is 26.2 Å². The molecule has 208 valence electrons. The summed E-state index contributed by atoms with van der Waals surface area (Å²) in [5.41, 5.74) is 4.35. The number of esters is 1. The van der Waals surface area contributed by atoms with Gasteiger partial charge in [-0.25, -0.2) is 9.79 Å². The van der Waals surface area contributed by atoms with Gasteiger partial charge < -0.3 is 39.6 Å². The van der Waals surface area contributed by atoms with Gasteiger partial charge in [0.05, 0.1) is 25.8 Å². The number of methoxy groups -OCH3 is 1. The predicted molar refractivity (Wildman–Crippen MR) is 141 cm³/mol. The van der Waals surface area contributed by atoms with Crippen LogP contribution in [0.3, 0.4) is 0 Å². The number of nitrogens with zero attached hydrogens (tertiary/aromatic N) is 1.